The van der Waals surface area contributed by atoms with Crippen molar-refractivity contribution in [3.05, 3.63) is 143 Å². The van der Waals surface area contributed by atoms with Crippen molar-refractivity contribution in [3.8, 4) is 0 Å². The van der Waals surface area contributed by atoms with E-state index in [2.05, 4.69) is 0 Å². The summed E-state index contributed by atoms with van der Waals surface area (Å²) in [5.74, 6) is -1.04. The molecule has 7 heteroatoms. The van der Waals surface area contributed by atoms with Crippen LogP contribution < -0.4 is 0 Å². The van der Waals surface area contributed by atoms with Gasteiger partial charge in [-0.1, -0.05) is 109 Å². The van der Waals surface area contributed by atoms with Crippen LogP contribution in [0, 0.1) is 6.92 Å². The molecule has 4 aromatic carbocycles. The van der Waals surface area contributed by atoms with Gasteiger partial charge in [-0.25, -0.2) is 13.2 Å². The zero-order valence-corrected chi connectivity index (χ0v) is 20.3. The van der Waals surface area contributed by atoms with Gasteiger partial charge in [0.2, 0.25) is 9.84 Å². The van der Waals surface area contributed by atoms with Crippen LogP contribution >= 0.6 is 0 Å². The molecule has 0 saturated heterocycles. The molecule has 0 bridgehead atoms. The Kier molecular flexibility index (Phi) is 7.04. The molecular weight excluding hydrogens is 482 g/mol. The normalized spacial score (nSPS) is 12.2. The van der Waals surface area contributed by atoms with E-state index >= 15 is 8.78 Å². The fourth-order valence-electron chi connectivity index (χ4n) is 4.21. The van der Waals surface area contributed by atoms with Gasteiger partial charge < -0.3 is 4.74 Å². The van der Waals surface area contributed by atoms with Crippen LogP contribution in [0.3, 0.4) is 0 Å². The van der Waals surface area contributed by atoms with Gasteiger partial charge >= 0.3 is 11.2 Å². The third-order valence-electron chi connectivity index (χ3n) is 6.00. The van der Waals surface area contributed by atoms with Crippen LogP contribution in [-0.4, -0.2) is 26.2 Å². The molecule has 4 rings (SSSR count). The lowest BCUT2D eigenvalue weighted by atomic mass is 9.84. The van der Waals surface area contributed by atoms with Crippen LogP contribution in [0.1, 0.15) is 32.6 Å². The third-order valence-corrected chi connectivity index (χ3v) is 8.41. The second-order valence-electron chi connectivity index (χ2n) is 8.36. The summed E-state index contributed by atoms with van der Waals surface area (Å²) in [6, 6.07) is 29.8. The number of esters is 1. The molecule has 184 valence electrons. The average Bonchev–Trinajstić information content (AvgIpc) is 2.90. The van der Waals surface area contributed by atoms with Crippen LogP contribution in [0.4, 0.5) is 8.78 Å². The van der Waals surface area contributed by atoms with E-state index in [9.17, 15) is 13.2 Å². The van der Waals surface area contributed by atoms with Crippen molar-refractivity contribution >= 4 is 15.8 Å². The minimum atomic E-state index is -5.42. The molecule has 0 spiro atoms. The number of carbonyl (C=O) groups excluding carboxylic acids is 1. The third kappa shape index (κ3) is 4.42. The van der Waals surface area contributed by atoms with E-state index < -0.39 is 32.4 Å². The van der Waals surface area contributed by atoms with Crippen molar-refractivity contribution in [2.45, 2.75) is 16.9 Å². The standard InChI is InChI=1S/C29H24F2O4S/c1-22-17-19-26(20-18-22)29(24-13-7-3-8-14-24,25-15-9-4-10-16-25)36(33,34)28(30,31)21-35-27(32)23-11-5-2-6-12-23/h2-20H,21H2,1H3. The molecule has 0 fully saturated rings. The number of hydrogen-bond donors (Lipinski definition) is 0. The summed E-state index contributed by atoms with van der Waals surface area (Å²) in [5.41, 5.74) is 1.33. The van der Waals surface area contributed by atoms with Gasteiger partial charge in [0.15, 0.2) is 11.4 Å². The zero-order valence-electron chi connectivity index (χ0n) is 19.5. The number of sulfone groups is 1. The van der Waals surface area contributed by atoms with Crippen molar-refractivity contribution in [1.82, 2.24) is 0 Å². The molecule has 0 aromatic heterocycles. The Morgan fingerprint density at radius 1 is 0.694 bits per heavy atom. The van der Waals surface area contributed by atoms with Gasteiger partial charge in [-0.2, -0.15) is 8.78 Å². The molecule has 0 aliphatic carbocycles. The Bertz CT molecular complexity index is 1380. The number of carbonyl (C=O) groups is 1. The highest BCUT2D eigenvalue weighted by molar-refractivity contribution is 7.93. The Morgan fingerprint density at radius 2 is 1.11 bits per heavy atom. The predicted octanol–water partition coefficient (Wildman–Crippen LogP) is 6.15. The monoisotopic (exact) mass is 506 g/mol. The lowest BCUT2D eigenvalue weighted by molar-refractivity contribution is -0.00620. The lowest BCUT2D eigenvalue weighted by Gasteiger charge is -2.37. The Labute approximate surface area is 209 Å². The maximum Gasteiger partial charge on any atom is 0.380 e. The summed E-state index contributed by atoms with van der Waals surface area (Å²) in [5, 5.41) is -4.42. The summed E-state index contributed by atoms with van der Waals surface area (Å²) in [4.78, 5) is 12.4. The number of halogens is 2. The van der Waals surface area contributed by atoms with Gasteiger partial charge in [-0.05, 0) is 35.7 Å². The van der Waals surface area contributed by atoms with Gasteiger partial charge in [0.25, 0.3) is 0 Å². The molecule has 36 heavy (non-hydrogen) atoms. The molecule has 4 aromatic rings. The number of rotatable bonds is 8. The first-order chi connectivity index (χ1) is 17.2. The van der Waals surface area contributed by atoms with E-state index in [4.69, 9.17) is 4.74 Å². The number of alkyl halides is 2. The lowest BCUT2D eigenvalue weighted by Crippen LogP contribution is -2.49. The smallest absolute Gasteiger partial charge is 0.380 e. The second kappa shape index (κ2) is 10.0. The van der Waals surface area contributed by atoms with Gasteiger partial charge in [0.05, 0.1) is 5.56 Å². The number of ether oxygens (including phenoxy) is 1. The molecule has 0 aliphatic heterocycles. The first-order valence-electron chi connectivity index (χ1n) is 11.2. The van der Waals surface area contributed by atoms with Crippen LogP contribution in [-0.2, 0) is 19.3 Å². The van der Waals surface area contributed by atoms with Gasteiger partial charge in [0.1, 0.15) is 0 Å². The Balaban J connectivity index is 1.90. The van der Waals surface area contributed by atoms with Crippen LogP contribution in [0.5, 0.6) is 0 Å². The van der Waals surface area contributed by atoms with E-state index in [-0.39, 0.29) is 22.3 Å². The summed E-state index contributed by atoms with van der Waals surface area (Å²) >= 11 is 0. The number of benzene rings is 4. The van der Waals surface area contributed by atoms with Crippen LogP contribution in [0.15, 0.2) is 115 Å². The highest BCUT2D eigenvalue weighted by atomic mass is 32.2. The minimum absolute atomic E-state index is 0.0432. The van der Waals surface area contributed by atoms with E-state index in [1.807, 2.05) is 6.92 Å². The summed E-state index contributed by atoms with van der Waals surface area (Å²) < 4.78 is 62.6. The number of aryl methyl sites for hydroxylation is 1. The largest absolute Gasteiger partial charge is 0.454 e. The highest BCUT2D eigenvalue weighted by Gasteiger charge is 2.61. The number of hydrogen-bond acceptors (Lipinski definition) is 4. The maximum absolute atomic E-state index is 15.8. The highest BCUT2D eigenvalue weighted by Crippen LogP contribution is 2.49. The van der Waals surface area contributed by atoms with Crippen LogP contribution in [0.25, 0.3) is 0 Å². The van der Waals surface area contributed by atoms with Crippen molar-refractivity contribution in [2.24, 2.45) is 0 Å². The van der Waals surface area contributed by atoms with Crippen LogP contribution in [0.2, 0.25) is 0 Å². The molecule has 0 heterocycles. The Hall–Kier alpha value is -3.84. The molecule has 0 radical (unpaired) electrons. The molecule has 0 atom stereocenters. The fraction of sp³-hybridized carbons (Fsp3) is 0.138. The van der Waals surface area contributed by atoms with Gasteiger partial charge in [-0.15, -0.1) is 0 Å². The first kappa shape index (κ1) is 25.3. The fourth-order valence-corrected chi connectivity index (χ4v) is 6.21. The van der Waals surface area contributed by atoms with Gasteiger partial charge in [0, 0.05) is 0 Å². The summed E-state index contributed by atoms with van der Waals surface area (Å²) in [6.45, 7) is 0.193. The quantitative estimate of drug-likeness (QED) is 0.212. The Morgan fingerprint density at radius 3 is 1.58 bits per heavy atom. The molecule has 0 amide bonds. The van der Waals surface area contributed by atoms with Crippen molar-refractivity contribution in [1.29, 1.82) is 0 Å². The molecule has 0 unspecified atom stereocenters. The van der Waals surface area contributed by atoms with E-state index in [1.54, 1.807) is 78.9 Å². The van der Waals surface area contributed by atoms with E-state index in [1.165, 1.54) is 36.4 Å². The SMILES string of the molecule is Cc1ccc(C(c2ccccc2)(c2ccccc2)S(=O)(=O)C(F)(F)COC(=O)c2ccccc2)cc1. The van der Waals surface area contributed by atoms with Crippen molar-refractivity contribution in [2.75, 3.05) is 6.61 Å². The van der Waals surface area contributed by atoms with E-state index in [0.717, 1.165) is 5.56 Å². The topological polar surface area (TPSA) is 60.4 Å². The van der Waals surface area contributed by atoms with Crippen molar-refractivity contribution in [3.63, 3.8) is 0 Å². The van der Waals surface area contributed by atoms with Gasteiger partial charge in [-0.3, -0.25) is 0 Å². The summed E-state index contributed by atoms with van der Waals surface area (Å²) in [7, 11) is -5.42. The first-order valence-corrected chi connectivity index (χ1v) is 12.7. The minimum Gasteiger partial charge on any atom is -0.454 e. The van der Waals surface area contributed by atoms with Crippen molar-refractivity contribution < 1.29 is 26.7 Å². The maximum atomic E-state index is 15.8. The molecule has 0 saturated carbocycles. The average molecular weight is 507 g/mol. The predicted molar refractivity (Wildman–Crippen MR) is 135 cm³/mol. The molecule has 0 N–H and O–H groups in total. The van der Waals surface area contributed by atoms with E-state index in [0.29, 0.717) is 0 Å². The summed E-state index contributed by atoms with van der Waals surface area (Å²) in [6.07, 6.45) is 0. The molecule has 4 nitrogen and oxygen atoms in total. The molecule has 0 aliphatic rings. The molecular formula is C29H24F2O4S. The second-order valence-corrected chi connectivity index (χ2v) is 10.6. The zero-order chi connectivity index (χ0) is 25.8.